The lowest BCUT2D eigenvalue weighted by Crippen LogP contribution is -2.39. The number of aryl methyl sites for hydroxylation is 1. The summed E-state index contributed by atoms with van der Waals surface area (Å²) in [7, 11) is 0. The zero-order valence-corrected chi connectivity index (χ0v) is 10.4. The first-order valence-electron chi connectivity index (χ1n) is 6.18. The van der Waals surface area contributed by atoms with Gasteiger partial charge in [0.1, 0.15) is 0 Å². The van der Waals surface area contributed by atoms with Crippen LogP contribution in [0.25, 0.3) is 0 Å². The van der Waals surface area contributed by atoms with Crippen LogP contribution in [0.5, 0.6) is 0 Å². The molecule has 1 aliphatic rings. The molecule has 1 aromatic rings. The summed E-state index contributed by atoms with van der Waals surface area (Å²) in [6.45, 7) is 6.44. The van der Waals surface area contributed by atoms with Crippen LogP contribution in [-0.4, -0.2) is 18.6 Å². The molecule has 0 saturated carbocycles. The van der Waals surface area contributed by atoms with E-state index in [-0.39, 0.29) is 5.54 Å². The van der Waals surface area contributed by atoms with Crippen molar-refractivity contribution < 1.29 is 0 Å². The van der Waals surface area contributed by atoms with Gasteiger partial charge in [-0.2, -0.15) is 0 Å². The van der Waals surface area contributed by atoms with Crippen molar-refractivity contribution in [3.8, 4) is 0 Å². The van der Waals surface area contributed by atoms with Crippen molar-refractivity contribution in [1.29, 1.82) is 0 Å². The Kier molecular flexibility index (Phi) is 3.20. The third-order valence-corrected chi connectivity index (χ3v) is 3.23. The van der Waals surface area contributed by atoms with E-state index >= 15 is 0 Å². The van der Waals surface area contributed by atoms with Gasteiger partial charge in [-0.05, 0) is 44.7 Å². The summed E-state index contributed by atoms with van der Waals surface area (Å²) >= 11 is 0. The number of nitrogens with zero attached hydrogens (tertiary/aromatic N) is 1. The van der Waals surface area contributed by atoms with Crippen molar-refractivity contribution in [1.82, 2.24) is 0 Å². The average Bonchev–Trinajstić information content (AvgIpc) is 2.25. The molecule has 0 radical (unpaired) electrons. The summed E-state index contributed by atoms with van der Waals surface area (Å²) in [6.07, 6.45) is 3.53. The monoisotopic (exact) mass is 218 g/mol. The number of hydrogen-bond acceptors (Lipinski definition) is 2. The highest BCUT2D eigenvalue weighted by molar-refractivity contribution is 5.55. The third-order valence-electron chi connectivity index (χ3n) is 3.23. The second-order valence-electron chi connectivity index (χ2n) is 5.46. The maximum Gasteiger partial charge on any atom is 0.0398 e. The minimum atomic E-state index is -0.0631. The molecular weight excluding hydrogens is 196 g/mol. The van der Waals surface area contributed by atoms with Crippen molar-refractivity contribution in [2.75, 3.05) is 18.0 Å². The second-order valence-corrected chi connectivity index (χ2v) is 5.46. The first-order chi connectivity index (χ1) is 7.56. The number of rotatable bonds is 3. The molecule has 0 unspecified atom stereocenters. The van der Waals surface area contributed by atoms with Gasteiger partial charge in [-0.3, -0.25) is 0 Å². The Morgan fingerprint density at radius 1 is 1.31 bits per heavy atom. The van der Waals surface area contributed by atoms with E-state index < -0.39 is 0 Å². The molecule has 1 aromatic carbocycles. The molecule has 0 atom stereocenters. The number of benzene rings is 1. The fourth-order valence-corrected chi connectivity index (χ4v) is 2.27. The fraction of sp³-hybridized carbons (Fsp3) is 0.571. The molecule has 16 heavy (non-hydrogen) atoms. The summed E-state index contributed by atoms with van der Waals surface area (Å²) in [5.74, 6) is 0. The zero-order valence-electron chi connectivity index (χ0n) is 10.4. The lowest BCUT2D eigenvalue weighted by Gasteiger charge is -2.33. The topological polar surface area (TPSA) is 29.3 Å². The molecule has 0 saturated heterocycles. The molecule has 0 aromatic heterocycles. The van der Waals surface area contributed by atoms with Gasteiger partial charge >= 0.3 is 0 Å². The maximum atomic E-state index is 6.05. The molecule has 88 valence electrons. The summed E-state index contributed by atoms with van der Waals surface area (Å²) in [4.78, 5) is 2.48. The maximum absolute atomic E-state index is 6.05. The van der Waals surface area contributed by atoms with Crippen molar-refractivity contribution in [3.63, 3.8) is 0 Å². The number of fused-ring (bicyclic) bond motifs is 1. The van der Waals surface area contributed by atoms with E-state index in [1.54, 1.807) is 0 Å². The summed E-state index contributed by atoms with van der Waals surface area (Å²) in [6, 6.07) is 8.74. The molecule has 0 amide bonds. The second kappa shape index (κ2) is 4.46. The summed E-state index contributed by atoms with van der Waals surface area (Å²) < 4.78 is 0. The molecule has 1 heterocycles. The highest BCUT2D eigenvalue weighted by atomic mass is 15.1. The van der Waals surface area contributed by atoms with Gasteiger partial charge < -0.3 is 10.6 Å². The Labute approximate surface area is 98.4 Å². The summed E-state index contributed by atoms with van der Waals surface area (Å²) in [5.41, 5.74) is 8.89. The van der Waals surface area contributed by atoms with Gasteiger partial charge in [0, 0.05) is 24.3 Å². The Hall–Kier alpha value is -1.02. The smallest absolute Gasteiger partial charge is 0.0398 e. The predicted octanol–water partition coefficient (Wildman–Crippen LogP) is 2.57. The Bertz CT molecular complexity index is 352. The molecule has 2 N–H and O–H groups in total. The van der Waals surface area contributed by atoms with Crippen LogP contribution in [0.1, 0.15) is 32.3 Å². The minimum absolute atomic E-state index is 0.0631. The van der Waals surface area contributed by atoms with Crippen LogP contribution in [0, 0.1) is 0 Å². The van der Waals surface area contributed by atoms with Gasteiger partial charge in [0.25, 0.3) is 0 Å². The van der Waals surface area contributed by atoms with Crippen LogP contribution >= 0.6 is 0 Å². The van der Waals surface area contributed by atoms with Gasteiger partial charge in [0.2, 0.25) is 0 Å². The van der Waals surface area contributed by atoms with Crippen molar-refractivity contribution in [2.24, 2.45) is 5.73 Å². The third kappa shape index (κ3) is 2.76. The van der Waals surface area contributed by atoms with Crippen LogP contribution in [-0.2, 0) is 6.42 Å². The first kappa shape index (κ1) is 11.5. The number of hydrogen-bond donors (Lipinski definition) is 1. The molecule has 0 fully saturated rings. The quantitative estimate of drug-likeness (QED) is 0.845. The van der Waals surface area contributed by atoms with Crippen LogP contribution in [0.4, 0.5) is 5.69 Å². The SMILES string of the molecule is CC(C)(N)CCN1CCCc2ccccc21. The highest BCUT2D eigenvalue weighted by Crippen LogP contribution is 2.27. The molecule has 2 nitrogen and oxygen atoms in total. The normalized spacial score (nSPS) is 16.1. The molecule has 0 aliphatic carbocycles. The molecule has 1 aliphatic heterocycles. The molecule has 2 rings (SSSR count). The van der Waals surface area contributed by atoms with E-state index in [2.05, 4.69) is 43.0 Å². The standard InChI is InChI=1S/C14H22N2/c1-14(2,15)9-11-16-10-5-7-12-6-3-4-8-13(12)16/h3-4,6,8H,5,7,9-11,15H2,1-2H3. The Morgan fingerprint density at radius 3 is 2.81 bits per heavy atom. The predicted molar refractivity (Wildman–Crippen MR) is 69.9 cm³/mol. The Balaban J connectivity index is 2.07. The number of anilines is 1. The number of para-hydroxylation sites is 1. The molecule has 0 spiro atoms. The lowest BCUT2D eigenvalue weighted by molar-refractivity contribution is 0.470. The van der Waals surface area contributed by atoms with Gasteiger partial charge in [0.05, 0.1) is 0 Å². The van der Waals surface area contributed by atoms with E-state index in [1.165, 1.54) is 30.6 Å². The zero-order chi connectivity index (χ0) is 11.6. The van der Waals surface area contributed by atoms with Gasteiger partial charge in [-0.1, -0.05) is 18.2 Å². The lowest BCUT2D eigenvalue weighted by atomic mass is 9.98. The van der Waals surface area contributed by atoms with Crippen LogP contribution in [0.2, 0.25) is 0 Å². The molecule has 2 heteroatoms. The largest absolute Gasteiger partial charge is 0.371 e. The minimum Gasteiger partial charge on any atom is -0.371 e. The Morgan fingerprint density at radius 2 is 2.06 bits per heavy atom. The number of nitrogens with two attached hydrogens (primary N) is 1. The van der Waals surface area contributed by atoms with E-state index in [4.69, 9.17) is 5.73 Å². The van der Waals surface area contributed by atoms with Gasteiger partial charge in [-0.15, -0.1) is 0 Å². The first-order valence-corrected chi connectivity index (χ1v) is 6.18. The van der Waals surface area contributed by atoms with E-state index in [9.17, 15) is 0 Å². The van der Waals surface area contributed by atoms with E-state index in [0.29, 0.717) is 0 Å². The van der Waals surface area contributed by atoms with Gasteiger partial charge in [0.15, 0.2) is 0 Å². The molecule has 0 bridgehead atoms. The van der Waals surface area contributed by atoms with Crippen LogP contribution < -0.4 is 10.6 Å². The van der Waals surface area contributed by atoms with Crippen molar-refractivity contribution in [3.05, 3.63) is 29.8 Å². The average molecular weight is 218 g/mol. The summed E-state index contributed by atoms with van der Waals surface area (Å²) in [5, 5.41) is 0. The van der Waals surface area contributed by atoms with Crippen molar-refractivity contribution >= 4 is 5.69 Å². The highest BCUT2D eigenvalue weighted by Gasteiger charge is 2.18. The van der Waals surface area contributed by atoms with Crippen LogP contribution in [0.15, 0.2) is 24.3 Å². The molecular formula is C14H22N2. The van der Waals surface area contributed by atoms with Crippen LogP contribution in [0.3, 0.4) is 0 Å². The van der Waals surface area contributed by atoms with Gasteiger partial charge in [-0.25, -0.2) is 0 Å². The van der Waals surface area contributed by atoms with E-state index in [1.807, 2.05) is 0 Å². The fourth-order valence-electron chi connectivity index (χ4n) is 2.27. The van der Waals surface area contributed by atoms with Crippen molar-refractivity contribution in [2.45, 2.75) is 38.6 Å². The van der Waals surface area contributed by atoms with E-state index in [0.717, 1.165) is 13.0 Å².